The van der Waals surface area contributed by atoms with Crippen molar-refractivity contribution in [3.8, 4) is 0 Å². The number of ether oxygens (including phenoxy) is 2. The number of hydrogen-bond acceptors (Lipinski definition) is 4. The number of nitrogens with zero attached hydrogens (tertiary/aromatic N) is 1. The highest BCUT2D eigenvalue weighted by Crippen LogP contribution is 2.29. The van der Waals surface area contributed by atoms with E-state index >= 15 is 0 Å². The van der Waals surface area contributed by atoms with Crippen LogP contribution in [0.4, 0.5) is 0 Å². The van der Waals surface area contributed by atoms with Gasteiger partial charge in [-0.05, 0) is 39.5 Å². The SMILES string of the molecule is C/C(=C/C=O)[C@H]([C@H]1COC(C)(C)O1)N(C)Cc1ccccc1. The minimum Gasteiger partial charge on any atom is -0.348 e. The minimum atomic E-state index is -0.571. The Morgan fingerprint density at radius 1 is 1.41 bits per heavy atom. The second kappa shape index (κ2) is 7.18. The molecule has 22 heavy (non-hydrogen) atoms. The van der Waals surface area contributed by atoms with Crippen molar-refractivity contribution in [1.29, 1.82) is 0 Å². The smallest absolute Gasteiger partial charge is 0.163 e. The second-order valence-corrected chi connectivity index (χ2v) is 6.26. The van der Waals surface area contributed by atoms with Gasteiger partial charge in [-0.2, -0.15) is 0 Å². The molecular weight excluding hydrogens is 278 g/mol. The predicted molar refractivity (Wildman–Crippen MR) is 86.4 cm³/mol. The lowest BCUT2D eigenvalue weighted by Crippen LogP contribution is -2.43. The van der Waals surface area contributed by atoms with Gasteiger partial charge in [-0.25, -0.2) is 0 Å². The molecule has 1 saturated heterocycles. The molecule has 1 aromatic rings. The first-order valence-electron chi connectivity index (χ1n) is 7.61. The largest absolute Gasteiger partial charge is 0.348 e. The first-order valence-corrected chi connectivity index (χ1v) is 7.61. The molecule has 1 fully saturated rings. The number of likely N-dealkylation sites (N-methyl/N-ethyl adjacent to an activating group) is 1. The van der Waals surface area contributed by atoms with E-state index in [1.54, 1.807) is 6.08 Å². The molecular formula is C18H25NO3. The van der Waals surface area contributed by atoms with Crippen LogP contribution in [-0.2, 0) is 20.8 Å². The fraction of sp³-hybridized carbons (Fsp3) is 0.500. The lowest BCUT2D eigenvalue weighted by molar-refractivity contribution is -0.144. The summed E-state index contributed by atoms with van der Waals surface area (Å²) in [5.41, 5.74) is 2.21. The summed E-state index contributed by atoms with van der Waals surface area (Å²) in [5.74, 6) is -0.571. The van der Waals surface area contributed by atoms with Gasteiger partial charge in [0.05, 0.1) is 12.6 Å². The first-order chi connectivity index (χ1) is 10.4. The van der Waals surface area contributed by atoms with E-state index in [2.05, 4.69) is 24.1 Å². The zero-order valence-corrected chi connectivity index (χ0v) is 13.8. The van der Waals surface area contributed by atoms with Crippen LogP contribution < -0.4 is 0 Å². The maximum atomic E-state index is 10.9. The molecule has 0 saturated carbocycles. The van der Waals surface area contributed by atoms with E-state index in [-0.39, 0.29) is 12.1 Å². The van der Waals surface area contributed by atoms with Crippen molar-refractivity contribution in [2.45, 2.75) is 45.2 Å². The number of allylic oxidation sites excluding steroid dienone is 1. The molecule has 1 aliphatic heterocycles. The number of aldehydes is 1. The summed E-state index contributed by atoms with van der Waals surface area (Å²) in [6.07, 6.45) is 2.36. The van der Waals surface area contributed by atoms with Gasteiger partial charge in [-0.1, -0.05) is 35.9 Å². The predicted octanol–water partition coefficient (Wildman–Crippen LogP) is 2.78. The van der Waals surface area contributed by atoms with Crippen LogP contribution >= 0.6 is 0 Å². The van der Waals surface area contributed by atoms with Crippen molar-refractivity contribution in [3.05, 3.63) is 47.5 Å². The molecule has 2 atom stereocenters. The molecule has 0 unspecified atom stereocenters. The van der Waals surface area contributed by atoms with Gasteiger partial charge in [-0.15, -0.1) is 0 Å². The van der Waals surface area contributed by atoms with Crippen LogP contribution in [0.2, 0.25) is 0 Å². The Morgan fingerprint density at radius 2 is 2.09 bits per heavy atom. The monoisotopic (exact) mass is 303 g/mol. The molecule has 1 aliphatic rings. The molecule has 1 heterocycles. The number of carbonyl (C=O) groups is 1. The van der Waals surface area contributed by atoms with Gasteiger partial charge in [0, 0.05) is 6.54 Å². The zero-order chi connectivity index (χ0) is 16.2. The van der Waals surface area contributed by atoms with Gasteiger partial charge in [0.15, 0.2) is 5.79 Å². The molecule has 0 amide bonds. The zero-order valence-electron chi connectivity index (χ0n) is 13.8. The standard InChI is InChI=1S/C18H25NO3/c1-14(10-11-20)17(16-13-21-18(2,3)22-16)19(4)12-15-8-6-5-7-9-15/h5-11,16-17H,12-13H2,1-4H3/b14-10-/t16-,17-/m1/s1. The number of hydrogen-bond donors (Lipinski definition) is 0. The average molecular weight is 303 g/mol. The molecule has 0 bridgehead atoms. The summed E-state index contributed by atoms with van der Waals surface area (Å²) in [4.78, 5) is 13.1. The first kappa shape index (κ1) is 16.9. The third-order valence-corrected chi connectivity index (χ3v) is 3.93. The van der Waals surface area contributed by atoms with Crippen molar-refractivity contribution in [3.63, 3.8) is 0 Å². The lowest BCUT2D eigenvalue weighted by atomic mass is 10.0. The van der Waals surface area contributed by atoms with Crippen LogP contribution in [0.15, 0.2) is 42.0 Å². The summed E-state index contributed by atoms with van der Waals surface area (Å²) in [7, 11) is 2.05. The Hall–Kier alpha value is -1.49. The number of rotatable bonds is 6. The van der Waals surface area contributed by atoms with Gasteiger partial charge >= 0.3 is 0 Å². The van der Waals surface area contributed by atoms with E-state index in [1.165, 1.54) is 5.56 Å². The molecule has 0 radical (unpaired) electrons. The summed E-state index contributed by atoms with van der Waals surface area (Å²) in [6, 6.07) is 10.3. The summed E-state index contributed by atoms with van der Waals surface area (Å²) in [5, 5.41) is 0. The van der Waals surface area contributed by atoms with E-state index in [1.807, 2.05) is 39.0 Å². The van der Waals surface area contributed by atoms with Gasteiger partial charge in [0.25, 0.3) is 0 Å². The Morgan fingerprint density at radius 3 is 2.64 bits per heavy atom. The number of carbonyl (C=O) groups excluding carboxylic acids is 1. The highest BCUT2D eigenvalue weighted by molar-refractivity contribution is 5.66. The topological polar surface area (TPSA) is 38.8 Å². The minimum absolute atomic E-state index is 0.00665. The average Bonchev–Trinajstić information content (AvgIpc) is 2.80. The molecule has 0 spiro atoms. The summed E-state index contributed by atoms with van der Waals surface area (Å²) < 4.78 is 11.7. The molecule has 4 nitrogen and oxygen atoms in total. The third kappa shape index (κ3) is 4.26. The van der Waals surface area contributed by atoms with Crippen molar-refractivity contribution in [2.75, 3.05) is 13.7 Å². The Bertz CT molecular complexity index is 524. The van der Waals surface area contributed by atoms with Crippen molar-refractivity contribution in [2.24, 2.45) is 0 Å². The second-order valence-electron chi connectivity index (χ2n) is 6.26. The quantitative estimate of drug-likeness (QED) is 0.598. The highest BCUT2D eigenvalue weighted by atomic mass is 16.7. The third-order valence-electron chi connectivity index (χ3n) is 3.93. The van der Waals surface area contributed by atoms with E-state index < -0.39 is 5.79 Å². The van der Waals surface area contributed by atoms with Gasteiger partial charge in [0.2, 0.25) is 0 Å². The Kier molecular flexibility index (Phi) is 5.51. The molecule has 0 aliphatic carbocycles. The molecule has 1 aromatic carbocycles. The van der Waals surface area contributed by atoms with Crippen LogP contribution in [0.3, 0.4) is 0 Å². The van der Waals surface area contributed by atoms with Gasteiger partial charge in [-0.3, -0.25) is 9.69 Å². The number of benzene rings is 1. The maximum absolute atomic E-state index is 10.9. The van der Waals surface area contributed by atoms with Crippen molar-refractivity contribution < 1.29 is 14.3 Å². The van der Waals surface area contributed by atoms with Crippen LogP contribution in [0, 0.1) is 0 Å². The molecule has 0 N–H and O–H groups in total. The van der Waals surface area contributed by atoms with Crippen LogP contribution in [0.25, 0.3) is 0 Å². The maximum Gasteiger partial charge on any atom is 0.163 e. The van der Waals surface area contributed by atoms with Crippen LogP contribution in [0.5, 0.6) is 0 Å². The Balaban J connectivity index is 2.17. The van der Waals surface area contributed by atoms with E-state index in [0.717, 1.165) is 18.4 Å². The summed E-state index contributed by atoms with van der Waals surface area (Å²) >= 11 is 0. The van der Waals surface area contributed by atoms with Crippen LogP contribution in [0.1, 0.15) is 26.3 Å². The molecule has 2 rings (SSSR count). The molecule has 4 heteroatoms. The van der Waals surface area contributed by atoms with E-state index in [0.29, 0.717) is 6.61 Å². The van der Waals surface area contributed by atoms with Gasteiger partial charge < -0.3 is 9.47 Å². The van der Waals surface area contributed by atoms with Crippen molar-refractivity contribution in [1.82, 2.24) is 4.90 Å². The normalized spacial score (nSPS) is 22.8. The fourth-order valence-electron chi connectivity index (χ4n) is 2.97. The van der Waals surface area contributed by atoms with E-state index in [4.69, 9.17) is 9.47 Å². The Labute approximate surface area is 132 Å². The fourth-order valence-corrected chi connectivity index (χ4v) is 2.97. The van der Waals surface area contributed by atoms with E-state index in [9.17, 15) is 4.79 Å². The molecule has 0 aromatic heterocycles. The molecule has 120 valence electrons. The summed E-state index contributed by atoms with van der Waals surface area (Å²) in [6.45, 7) is 7.12. The highest BCUT2D eigenvalue weighted by Gasteiger charge is 2.39. The lowest BCUT2D eigenvalue weighted by Gasteiger charge is -2.33. The van der Waals surface area contributed by atoms with Crippen molar-refractivity contribution >= 4 is 6.29 Å². The van der Waals surface area contributed by atoms with Gasteiger partial charge in [0.1, 0.15) is 12.4 Å². The van der Waals surface area contributed by atoms with Crippen LogP contribution in [-0.4, -0.2) is 42.8 Å².